The zero-order chi connectivity index (χ0) is 17.9. The average Bonchev–Trinajstić information content (AvgIpc) is 3.21. The van der Waals surface area contributed by atoms with E-state index < -0.39 is 5.91 Å². The van der Waals surface area contributed by atoms with Crippen LogP contribution in [0.4, 0.5) is 5.82 Å². The van der Waals surface area contributed by atoms with Crippen LogP contribution in [0.3, 0.4) is 0 Å². The van der Waals surface area contributed by atoms with E-state index in [0.717, 1.165) is 18.1 Å². The number of carbonyl (C=O) groups is 1. The number of rotatable bonds is 4. The Bertz CT molecular complexity index is 980. The lowest BCUT2D eigenvalue weighted by Gasteiger charge is -2.27. The predicted molar refractivity (Wildman–Crippen MR) is 98.7 cm³/mol. The minimum atomic E-state index is -0.443. The first-order valence-electron chi connectivity index (χ1n) is 8.24. The maximum absolute atomic E-state index is 12.8. The Labute approximate surface area is 152 Å². The molecule has 3 aromatic heterocycles. The highest BCUT2D eigenvalue weighted by molar-refractivity contribution is 7.09. The van der Waals surface area contributed by atoms with E-state index in [1.54, 1.807) is 6.20 Å². The van der Waals surface area contributed by atoms with Gasteiger partial charge in [-0.25, -0.2) is 9.97 Å². The molecule has 9 heteroatoms. The number of ether oxygens (including phenoxy) is 1. The molecule has 1 aliphatic rings. The van der Waals surface area contributed by atoms with E-state index >= 15 is 0 Å². The van der Waals surface area contributed by atoms with E-state index in [9.17, 15) is 9.59 Å². The average molecular weight is 371 g/mol. The second-order valence-electron chi connectivity index (χ2n) is 5.81. The third-order valence-corrected chi connectivity index (χ3v) is 4.96. The fraction of sp³-hybridized carbons (Fsp3) is 0.294. The van der Waals surface area contributed by atoms with Crippen LogP contribution in [0.2, 0.25) is 0 Å². The molecular formula is C17H17N5O3S. The van der Waals surface area contributed by atoms with E-state index in [-0.39, 0.29) is 23.1 Å². The van der Waals surface area contributed by atoms with Crippen LogP contribution in [0.15, 0.2) is 34.7 Å². The molecule has 3 aromatic rings. The largest absolute Gasteiger partial charge is 0.378 e. The first kappa shape index (κ1) is 16.7. The zero-order valence-electron chi connectivity index (χ0n) is 13.9. The summed E-state index contributed by atoms with van der Waals surface area (Å²) in [7, 11) is 0. The number of aromatic amines is 1. The Kier molecular flexibility index (Phi) is 4.63. The van der Waals surface area contributed by atoms with Gasteiger partial charge in [-0.1, -0.05) is 0 Å². The van der Waals surface area contributed by atoms with Crippen molar-refractivity contribution in [3.8, 4) is 0 Å². The number of H-pyrrole nitrogens is 1. The van der Waals surface area contributed by atoms with Crippen LogP contribution in [0.25, 0.3) is 11.0 Å². The highest BCUT2D eigenvalue weighted by Gasteiger charge is 2.17. The van der Waals surface area contributed by atoms with Crippen LogP contribution in [-0.2, 0) is 11.3 Å². The molecule has 4 heterocycles. The summed E-state index contributed by atoms with van der Waals surface area (Å²) in [6.45, 7) is 3.01. The molecule has 0 saturated carbocycles. The van der Waals surface area contributed by atoms with Crippen LogP contribution in [-0.4, -0.2) is 47.2 Å². The second kappa shape index (κ2) is 7.22. The fourth-order valence-electron chi connectivity index (χ4n) is 2.81. The molecule has 0 bridgehead atoms. The fourth-order valence-corrected chi connectivity index (χ4v) is 3.37. The number of aromatic nitrogens is 3. The smallest absolute Gasteiger partial charge is 0.257 e. The van der Waals surface area contributed by atoms with Gasteiger partial charge in [-0.15, -0.1) is 11.3 Å². The van der Waals surface area contributed by atoms with Crippen LogP contribution in [0.5, 0.6) is 0 Å². The van der Waals surface area contributed by atoms with Gasteiger partial charge < -0.3 is 19.9 Å². The van der Waals surface area contributed by atoms with Gasteiger partial charge in [0, 0.05) is 30.9 Å². The van der Waals surface area contributed by atoms with Crippen molar-refractivity contribution in [2.24, 2.45) is 0 Å². The number of amides is 1. The second-order valence-corrected chi connectivity index (χ2v) is 6.78. The lowest BCUT2D eigenvalue weighted by atomic mass is 10.2. The molecule has 0 unspecified atom stereocenters. The van der Waals surface area contributed by atoms with Crippen molar-refractivity contribution < 1.29 is 9.53 Å². The van der Waals surface area contributed by atoms with Gasteiger partial charge >= 0.3 is 0 Å². The number of thiazole rings is 1. The molecule has 1 amide bonds. The molecule has 4 rings (SSSR count). The van der Waals surface area contributed by atoms with Crippen molar-refractivity contribution in [1.29, 1.82) is 0 Å². The van der Waals surface area contributed by atoms with E-state index in [4.69, 9.17) is 4.74 Å². The number of fused-ring (bicyclic) bond motifs is 1. The van der Waals surface area contributed by atoms with Gasteiger partial charge in [-0.2, -0.15) is 0 Å². The Hall–Kier alpha value is -2.78. The summed E-state index contributed by atoms with van der Waals surface area (Å²) in [5.41, 5.74) is 0.519. The standard InChI is InChI=1S/C17H17N5O3S/c23-16-11(17(24)20-10-14-18-3-8-26-14)9-19-12-1-2-13(21-15(12)16)22-4-6-25-7-5-22/h1-3,8-9H,4-7,10H2,(H,19,23)(H,20,24). The maximum Gasteiger partial charge on any atom is 0.257 e. The van der Waals surface area contributed by atoms with E-state index in [1.807, 2.05) is 17.5 Å². The number of carbonyl (C=O) groups excluding carboxylic acids is 1. The number of nitrogens with one attached hydrogen (secondary N) is 2. The van der Waals surface area contributed by atoms with Crippen LogP contribution in [0, 0.1) is 0 Å². The minimum Gasteiger partial charge on any atom is -0.378 e. The summed E-state index contributed by atoms with van der Waals surface area (Å²) in [6.07, 6.45) is 3.10. The monoisotopic (exact) mass is 371 g/mol. The van der Waals surface area contributed by atoms with Gasteiger partial charge in [0.2, 0.25) is 5.43 Å². The molecule has 134 valence electrons. The highest BCUT2D eigenvalue weighted by atomic mass is 32.1. The third kappa shape index (κ3) is 3.31. The Morgan fingerprint density at radius 3 is 2.96 bits per heavy atom. The summed E-state index contributed by atoms with van der Waals surface area (Å²) < 4.78 is 5.35. The Balaban J connectivity index is 1.62. The molecular weight excluding hydrogens is 354 g/mol. The number of nitrogens with zero attached hydrogens (tertiary/aromatic N) is 3. The van der Waals surface area contributed by atoms with E-state index in [0.29, 0.717) is 24.5 Å². The SMILES string of the molecule is O=C(NCc1nccs1)c1c[nH]c2ccc(N3CCOCC3)nc2c1=O. The summed E-state index contributed by atoms with van der Waals surface area (Å²) in [5, 5.41) is 5.33. The van der Waals surface area contributed by atoms with Crippen molar-refractivity contribution in [1.82, 2.24) is 20.3 Å². The first-order chi connectivity index (χ1) is 12.7. The predicted octanol–water partition coefficient (Wildman–Crippen LogP) is 1.15. The van der Waals surface area contributed by atoms with E-state index in [1.165, 1.54) is 17.5 Å². The lowest BCUT2D eigenvalue weighted by Crippen LogP contribution is -2.37. The molecule has 0 aromatic carbocycles. The van der Waals surface area contributed by atoms with Crippen molar-refractivity contribution in [2.45, 2.75) is 6.54 Å². The quantitative estimate of drug-likeness (QED) is 0.714. The normalized spacial score (nSPS) is 14.5. The summed E-state index contributed by atoms with van der Waals surface area (Å²) in [6, 6.07) is 3.68. The molecule has 8 nitrogen and oxygen atoms in total. The number of hydrogen-bond acceptors (Lipinski definition) is 7. The molecule has 0 atom stereocenters. The minimum absolute atomic E-state index is 0.0423. The molecule has 1 aliphatic heterocycles. The number of morpholine rings is 1. The Morgan fingerprint density at radius 1 is 1.35 bits per heavy atom. The third-order valence-electron chi connectivity index (χ3n) is 4.18. The molecule has 0 radical (unpaired) electrons. The summed E-state index contributed by atoms with van der Waals surface area (Å²) >= 11 is 1.44. The highest BCUT2D eigenvalue weighted by Crippen LogP contribution is 2.16. The van der Waals surface area contributed by atoms with Crippen LogP contribution in [0.1, 0.15) is 15.4 Å². The Morgan fingerprint density at radius 2 is 2.19 bits per heavy atom. The molecule has 1 saturated heterocycles. The number of hydrogen-bond donors (Lipinski definition) is 2. The summed E-state index contributed by atoms with van der Waals surface area (Å²) in [5.74, 6) is 0.272. The molecule has 0 spiro atoms. The van der Waals surface area contributed by atoms with Gasteiger partial charge in [-0.3, -0.25) is 9.59 Å². The van der Waals surface area contributed by atoms with Crippen molar-refractivity contribution in [2.75, 3.05) is 31.2 Å². The van der Waals surface area contributed by atoms with Gasteiger partial charge in [0.25, 0.3) is 5.91 Å². The number of anilines is 1. The topological polar surface area (TPSA) is 100 Å². The molecule has 2 N–H and O–H groups in total. The first-order valence-corrected chi connectivity index (χ1v) is 9.12. The van der Waals surface area contributed by atoms with Crippen LogP contribution < -0.4 is 15.6 Å². The van der Waals surface area contributed by atoms with E-state index in [2.05, 4.69) is 25.2 Å². The van der Waals surface area contributed by atoms with Crippen molar-refractivity contribution in [3.05, 3.63) is 50.7 Å². The molecule has 0 aliphatic carbocycles. The molecule has 1 fully saturated rings. The maximum atomic E-state index is 12.8. The number of pyridine rings is 2. The van der Waals surface area contributed by atoms with Gasteiger partial charge in [-0.05, 0) is 12.1 Å². The van der Waals surface area contributed by atoms with Crippen molar-refractivity contribution in [3.63, 3.8) is 0 Å². The molecule has 26 heavy (non-hydrogen) atoms. The van der Waals surface area contributed by atoms with Gasteiger partial charge in [0.15, 0.2) is 0 Å². The lowest BCUT2D eigenvalue weighted by molar-refractivity contribution is 0.0949. The van der Waals surface area contributed by atoms with Gasteiger partial charge in [0.1, 0.15) is 21.9 Å². The van der Waals surface area contributed by atoms with Crippen LogP contribution >= 0.6 is 11.3 Å². The zero-order valence-corrected chi connectivity index (χ0v) is 14.7. The van der Waals surface area contributed by atoms with Gasteiger partial charge in [0.05, 0.1) is 25.3 Å². The summed E-state index contributed by atoms with van der Waals surface area (Å²) in [4.78, 5) is 38.8. The van der Waals surface area contributed by atoms with Crippen molar-refractivity contribution >= 4 is 34.1 Å².